The van der Waals surface area contributed by atoms with Crippen LogP contribution in [0.25, 0.3) is 5.32 Å². The van der Waals surface area contributed by atoms with E-state index in [1.807, 2.05) is 18.2 Å². The van der Waals surface area contributed by atoms with E-state index in [-0.39, 0.29) is 16.9 Å². The molecule has 9 heteroatoms. The quantitative estimate of drug-likeness (QED) is 0.640. The molecule has 1 fully saturated rings. The van der Waals surface area contributed by atoms with Gasteiger partial charge in [-0.05, 0) is 13.8 Å². The van der Waals surface area contributed by atoms with Crippen molar-refractivity contribution in [3.63, 3.8) is 0 Å². The van der Waals surface area contributed by atoms with Gasteiger partial charge in [0.1, 0.15) is 5.88 Å². The van der Waals surface area contributed by atoms with Gasteiger partial charge in [0, 0.05) is 36.4 Å². The van der Waals surface area contributed by atoms with Crippen molar-refractivity contribution in [1.82, 2.24) is 10.2 Å². The Labute approximate surface area is 175 Å². The van der Waals surface area contributed by atoms with Gasteiger partial charge in [0.05, 0.1) is 23.8 Å². The smallest absolute Gasteiger partial charge is 0.257 e. The molecule has 1 atom stereocenters. The fourth-order valence-corrected chi connectivity index (χ4v) is 3.84. The molecule has 0 radical (unpaired) electrons. The number of carbonyl (C=O) groups excluding carboxylic acids is 2. The van der Waals surface area contributed by atoms with Crippen molar-refractivity contribution in [3.05, 3.63) is 47.4 Å². The van der Waals surface area contributed by atoms with E-state index in [4.69, 9.17) is 4.52 Å². The van der Waals surface area contributed by atoms with Crippen LogP contribution in [0.1, 0.15) is 31.1 Å². The van der Waals surface area contributed by atoms with Crippen molar-refractivity contribution in [2.45, 2.75) is 26.8 Å². The van der Waals surface area contributed by atoms with Crippen LogP contribution < -0.4 is 9.80 Å². The van der Waals surface area contributed by atoms with Crippen molar-refractivity contribution < 1.29 is 18.9 Å². The lowest BCUT2D eigenvalue weighted by Gasteiger charge is -2.32. The maximum atomic E-state index is 12.4. The summed E-state index contributed by atoms with van der Waals surface area (Å²) in [4.78, 5) is 28.5. The zero-order valence-corrected chi connectivity index (χ0v) is 17.8. The minimum atomic E-state index is -0.402. The van der Waals surface area contributed by atoms with Gasteiger partial charge in [0.15, 0.2) is 0 Å². The highest BCUT2D eigenvalue weighted by atomic mass is 32.2. The van der Waals surface area contributed by atoms with Crippen LogP contribution >= 0.6 is 11.8 Å². The number of piperazine rings is 1. The summed E-state index contributed by atoms with van der Waals surface area (Å²) >= 11 is 1.12. The van der Waals surface area contributed by atoms with Crippen LogP contribution in [-0.4, -0.2) is 59.2 Å². The Kier molecular flexibility index (Phi) is 7.27. The molecule has 1 aliphatic heterocycles. The third-order valence-corrected chi connectivity index (χ3v) is 6.04. The Morgan fingerprint density at radius 1 is 1.17 bits per heavy atom. The maximum absolute atomic E-state index is 12.4. The third-order valence-electron chi connectivity index (χ3n) is 4.87. The van der Waals surface area contributed by atoms with Crippen LogP contribution in [0.2, 0.25) is 0 Å². The first-order chi connectivity index (χ1) is 13.9. The number of aromatic nitrogens is 2. The van der Waals surface area contributed by atoms with E-state index in [0.29, 0.717) is 17.4 Å². The van der Waals surface area contributed by atoms with Gasteiger partial charge < -0.3 is 14.6 Å². The summed E-state index contributed by atoms with van der Waals surface area (Å²) in [5.41, 5.74) is 0.628. The Morgan fingerprint density at radius 3 is 2.52 bits per heavy atom. The van der Waals surface area contributed by atoms with Crippen molar-refractivity contribution in [3.8, 4) is 0 Å². The summed E-state index contributed by atoms with van der Waals surface area (Å²) < 4.78 is 5.20. The van der Waals surface area contributed by atoms with Crippen LogP contribution in [0.3, 0.4) is 0 Å². The highest BCUT2D eigenvalue weighted by Crippen LogP contribution is 2.22. The second-order valence-corrected chi connectivity index (χ2v) is 8.35. The number of amides is 1. The predicted molar refractivity (Wildman–Crippen MR) is 112 cm³/mol. The lowest BCUT2D eigenvalue weighted by Crippen LogP contribution is -2.65. The summed E-state index contributed by atoms with van der Waals surface area (Å²) in [7, 11) is 0. The molecule has 8 nitrogen and oxygen atoms in total. The highest BCUT2D eigenvalue weighted by Gasteiger charge is 2.26. The number of hydrogen-bond donors (Lipinski definition) is 0. The van der Waals surface area contributed by atoms with E-state index < -0.39 is 5.92 Å². The minimum Gasteiger partial charge on any atom is -0.588 e. The molecule has 1 aliphatic rings. The topological polar surface area (TPSA) is 84.6 Å². The SMILES string of the molecule is CC(C)N1CCN([n+]2cc([N-]C(=O)[C@H](C)CSC(=O)c3ccccc3)on2)CC1. The Morgan fingerprint density at radius 2 is 1.86 bits per heavy atom. The summed E-state index contributed by atoms with van der Waals surface area (Å²) in [5, 5.41) is 10.0. The van der Waals surface area contributed by atoms with Crippen molar-refractivity contribution in [1.29, 1.82) is 0 Å². The van der Waals surface area contributed by atoms with Crippen LogP contribution in [0.5, 0.6) is 0 Å². The summed E-state index contributed by atoms with van der Waals surface area (Å²) in [6.45, 7) is 9.70. The molecule has 0 aliphatic carbocycles. The van der Waals surface area contributed by atoms with Crippen LogP contribution in [0.15, 0.2) is 41.1 Å². The average Bonchev–Trinajstić information content (AvgIpc) is 3.20. The molecule has 1 saturated heterocycles. The number of rotatable bonds is 7. The van der Waals surface area contributed by atoms with Crippen LogP contribution in [0, 0.1) is 5.92 Å². The molecule has 0 saturated carbocycles. The lowest BCUT2D eigenvalue weighted by molar-refractivity contribution is -0.759. The average molecular weight is 418 g/mol. The van der Waals surface area contributed by atoms with Crippen molar-refractivity contribution >= 4 is 28.7 Å². The zero-order valence-electron chi connectivity index (χ0n) is 17.0. The molecular weight excluding hydrogens is 390 g/mol. The summed E-state index contributed by atoms with van der Waals surface area (Å²) in [5.74, 6) is -0.193. The molecule has 2 aromatic rings. The maximum Gasteiger partial charge on any atom is 0.257 e. The normalized spacial score (nSPS) is 16.1. The van der Waals surface area contributed by atoms with Gasteiger partial charge in [-0.15, -0.1) is 0 Å². The van der Waals surface area contributed by atoms with Gasteiger partial charge in [0.25, 0.3) is 6.20 Å². The van der Waals surface area contributed by atoms with Gasteiger partial charge in [-0.3, -0.25) is 9.69 Å². The molecule has 0 spiro atoms. The van der Waals surface area contributed by atoms with E-state index in [0.717, 1.165) is 37.9 Å². The highest BCUT2D eigenvalue weighted by molar-refractivity contribution is 8.14. The Hall–Kier alpha value is -2.39. The van der Waals surface area contributed by atoms with Gasteiger partial charge in [-0.1, -0.05) is 49.0 Å². The Bertz CT molecular complexity index is 819. The standard InChI is InChI=1S/C20H27N5O3S/c1-15(2)23-9-11-24(12-10-23)25-13-18(28-22-25)21-19(26)16(3)14-29-20(27)17-7-5-4-6-8-17/h4-8,13,15-16H,9-12,14H2,1-3H3/t16-/m1/s1. The fourth-order valence-electron chi connectivity index (χ4n) is 2.99. The first-order valence-electron chi connectivity index (χ1n) is 9.79. The van der Waals surface area contributed by atoms with Gasteiger partial charge in [-0.25, -0.2) is 0 Å². The first kappa shape index (κ1) is 21.3. The summed E-state index contributed by atoms with van der Waals surface area (Å²) in [6, 6.07) is 9.55. The third kappa shape index (κ3) is 5.80. The number of hydrogen-bond acceptors (Lipinski definition) is 7. The largest absolute Gasteiger partial charge is 0.588 e. The van der Waals surface area contributed by atoms with E-state index in [1.165, 1.54) is 0 Å². The van der Waals surface area contributed by atoms with Crippen molar-refractivity contribution in [2.75, 3.05) is 36.9 Å². The molecule has 29 heavy (non-hydrogen) atoms. The molecule has 2 heterocycles. The fraction of sp³-hybridized carbons (Fsp3) is 0.500. The molecule has 0 N–H and O–H groups in total. The second-order valence-electron chi connectivity index (χ2n) is 7.36. The van der Waals surface area contributed by atoms with Gasteiger partial charge in [-0.2, -0.15) is 5.01 Å². The molecular formula is C20H27N5O3S. The van der Waals surface area contributed by atoms with E-state index in [2.05, 4.69) is 34.3 Å². The van der Waals surface area contributed by atoms with Crippen LogP contribution in [-0.2, 0) is 4.79 Å². The van der Waals surface area contributed by atoms with Gasteiger partial charge in [0.2, 0.25) is 10.4 Å². The first-order valence-corrected chi connectivity index (χ1v) is 10.8. The summed E-state index contributed by atoms with van der Waals surface area (Å²) in [6.07, 6.45) is 1.62. The Balaban J connectivity index is 1.46. The molecule has 3 rings (SSSR count). The molecule has 1 aromatic heterocycles. The van der Waals surface area contributed by atoms with Crippen LogP contribution in [0.4, 0.5) is 5.88 Å². The second kappa shape index (κ2) is 9.89. The molecule has 156 valence electrons. The van der Waals surface area contributed by atoms with Gasteiger partial charge >= 0.3 is 0 Å². The number of benzene rings is 1. The molecule has 0 bridgehead atoms. The monoisotopic (exact) mass is 417 g/mol. The predicted octanol–water partition coefficient (Wildman–Crippen LogP) is 2.37. The van der Waals surface area contributed by atoms with E-state index in [9.17, 15) is 9.59 Å². The number of thioether (sulfide) groups is 1. The lowest BCUT2D eigenvalue weighted by atomic mass is 10.2. The zero-order chi connectivity index (χ0) is 20.8. The van der Waals surface area contributed by atoms with Crippen molar-refractivity contribution in [2.24, 2.45) is 5.92 Å². The molecule has 1 amide bonds. The minimum absolute atomic E-state index is 0.0525. The number of carbonyl (C=O) groups is 2. The van der Waals surface area contributed by atoms with E-state index in [1.54, 1.807) is 30.0 Å². The van der Waals surface area contributed by atoms with E-state index >= 15 is 0 Å². The molecule has 1 aromatic carbocycles. The number of nitrogens with zero attached hydrogens (tertiary/aromatic N) is 5. The molecule has 0 unspecified atom stereocenters.